The van der Waals surface area contributed by atoms with Crippen LogP contribution in [0.5, 0.6) is 0 Å². The van der Waals surface area contributed by atoms with Crippen molar-refractivity contribution in [2.45, 2.75) is 4.90 Å². The number of carbonyl (C=O) groups is 1. The number of nitrogens with zero attached hydrogens (tertiary/aromatic N) is 1. The van der Waals surface area contributed by atoms with E-state index in [1.165, 1.54) is 12.1 Å². The molecule has 0 aromatic heterocycles. The van der Waals surface area contributed by atoms with Gasteiger partial charge in [0.15, 0.2) is 0 Å². The smallest absolute Gasteiger partial charge is 0.264 e. The van der Waals surface area contributed by atoms with Crippen LogP contribution in [0.1, 0.15) is 10.4 Å². The second-order valence-electron chi connectivity index (χ2n) is 5.79. The molecule has 2 rings (SSSR count). The van der Waals surface area contributed by atoms with Crippen molar-refractivity contribution in [3.63, 3.8) is 0 Å². The zero-order chi connectivity index (χ0) is 19.3. The van der Waals surface area contributed by atoms with Crippen molar-refractivity contribution in [2.75, 3.05) is 31.9 Å². The van der Waals surface area contributed by atoms with Gasteiger partial charge < -0.3 is 10.2 Å². The van der Waals surface area contributed by atoms with Gasteiger partial charge in [-0.3, -0.25) is 9.52 Å². The third-order valence-electron chi connectivity index (χ3n) is 3.43. The lowest BCUT2D eigenvalue weighted by atomic mass is 10.2. The first kappa shape index (κ1) is 19.8. The van der Waals surface area contributed by atoms with Crippen molar-refractivity contribution in [3.8, 4) is 0 Å². The highest BCUT2D eigenvalue weighted by molar-refractivity contribution is 7.92. The van der Waals surface area contributed by atoms with E-state index in [2.05, 4.69) is 10.0 Å². The lowest BCUT2D eigenvalue weighted by Gasteiger charge is -2.12. The molecule has 0 saturated heterocycles. The monoisotopic (exact) mass is 383 g/mol. The van der Waals surface area contributed by atoms with Gasteiger partial charge in [-0.15, -0.1) is 0 Å². The van der Waals surface area contributed by atoms with Crippen molar-refractivity contribution in [1.29, 1.82) is 0 Å². The first-order chi connectivity index (χ1) is 12.2. The van der Waals surface area contributed by atoms with Crippen molar-refractivity contribution in [1.82, 2.24) is 10.2 Å². The minimum Gasteiger partial charge on any atom is -0.351 e. The van der Waals surface area contributed by atoms with Gasteiger partial charge >= 0.3 is 0 Å². The second kappa shape index (κ2) is 8.24. The Morgan fingerprint density at radius 1 is 1.08 bits per heavy atom. The van der Waals surface area contributed by atoms with E-state index in [0.717, 1.165) is 30.3 Å². The number of hydrogen-bond donors (Lipinski definition) is 2. The largest absolute Gasteiger partial charge is 0.351 e. The van der Waals surface area contributed by atoms with E-state index in [0.29, 0.717) is 13.1 Å². The molecule has 2 aromatic carbocycles. The molecule has 26 heavy (non-hydrogen) atoms. The van der Waals surface area contributed by atoms with Crippen LogP contribution in [0.25, 0.3) is 0 Å². The molecule has 140 valence electrons. The number of amides is 1. The molecular formula is C17H19F2N3O3S. The van der Waals surface area contributed by atoms with Crippen LogP contribution in [0.15, 0.2) is 47.4 Å². The number of nitrogens with one attached hydrogen (secondary N) is 2. The predicted octanol–water partition coefficient (Wildman–Crippen LogP) is 2.06. The summed E-state index contributed by atoms with van der Waals surface area (Å²) in [6.45, 7) is 0.865. The van der Waals surface area contributed by atoms with Crippen LogP contribution in [-0.2, 0) is 10.0 Å². The van der Waals surface area contributed by atoms with Crippen LogP contribution in [0.3, 0.4) is 0 Å². The molecule has 2 aromatic rings. The Hall–Kier alpha value is -2.52. The zero-order valence-corrected chi connectivity index (χ0v) is 15.1. The number of hydrogen-bond acceptors (Lipinski definition) is 4. The van der Waals surface area contributed by atoms with Gasteiger partial charge in [0.2, 0.25) is 0 Å². The molecule has 6 nitrogen and oxygen atoms in total. The zero-order valence-electron chi connectivity index (χ0n) is 14.3. The highest BCUT2D eigenvalue weighted by Crippen LogP contribution is 2.21. The van der Waals surface area contributed by atoms with Crippen LogP contribution in [0.4, 0.5) is 14.5 Å². The Morgan fingerprint density at radius 2 is 1.77 bits per heavy atom. The van der Waals surface area contributed by atoms with Crippen LogP contribution < -0.4 is 10.0 Å². The molecule has 0 fully saturated rings. The van der Waals surface area contributed by atoms with Crippen LogP contribution >= 0.6 is 0 Å². The molecule has 0 aliphatic carbocycles. The van der Waals surface area contributed by atoms with E-state index in [-0.39, 0.29) is 11.3 Å². The van der Waals surface area contributed by atoms with Gasteiger partial charge in [0.1, 0.15) is 16.5 Å². The summed E-state index contributed by atoms with van der Waals surface area (Å²) >= 11 is 0. The van der Waals surface area contributed by atoms with E-state index in [1.54, 1.807) is 0 Å². The highest BCUT2D eigenvalue weighted by Gasteiger charge is 2.20. The standard InChI is InChI=1S/C17H19F2N3O3S/c1-22(2)10-9-20-17(23)13-11-12(7-8-14(13)18)21-26(24,25)16-6-4-3-5-15(16)19/h3-8,11,21H,9-10H2,1-2H3,(H,20,23). The Kier molecular flexibility index (Phi) is 6.27. The fraction of sp³-hybridized carbons (Fsp3) is 0.235. The molecule has 0 saturated carbocycles. The van der Waals surface area contributed by atoms with Gasteiger partial charge in [0.05, 0.1) is 5.56 Å². The first-order valence-electron chi connectivity index (χ1n) is 7.70. The summed E-state index contributed by atoms with van der Waals surface area (Å²) in [6.07, 6.45) is 0. The van der Waals surface area contributed by atoms with Crippen LogP contribution in [0.2, 0.25) is 0 Å². The van der Waals surface area contributed by atoms with E-state index in [4.69, 9.17) is 0 Å². The van der Waals surface area contributed by atoms with E-state index >= 15 is 0 Å². The molecular weight excluding hydrogens is 364 g/mol. The van der Waals surface area contributed by atoms with Crippen LogP contribution in [0, 0.1) is 11.6 Å². The summed E-state index contributed by atoms with van der Waals surface area (Å²) in [7, 11) is -0.565. The third kappa shape index (κ3) is 4.99. The van der Waals surface area contributed by atoms with Crippen molar-refractivity contribution < 1.29 is 22.0 Å². The Morgan fingerprint density at radius 3 is 2.42 bits per heavy atom. The molecule has 0 aliphatic heterocycles. The van der Waals surface area contributed by atoms with Gasteiger partial charge in [0, 0.05) is 18.8 Å². The topological polar surface area (TPSA) is 78.5 Å². The Bertz CT molecular complexity index is 902. The van der Waals surface area contributed by atoms with Gasteiger partial charge in [-0.2, -0.15) is 0 Å². The predicted molar refractivity (Wildman–Crippen MR) is 94.5 cm³/mol. The minimum absolute atomic E-state index is 0.0487. The minimum atomic E-state index is -4.21. The summed E-state index contributed by atoms with van der Waals surface area (Å²) < 4.78 is 54.4. The fourth-order valence-corrected chi connectivity index (χ4v) is 3.25. The number of sulfonamides is 1. The molecule has 0 bridgehead atoms. The maximum Gasteiger partial charge on any atom is 0.264 e. The summed E-state index contributed by atoms with van der Waals surface area (Å²) in [5.74, 6) is -2.37. The summed E-state index contributed by atoms with van der Waals surface area (Å²) in [5, 5.41) is 2.54. The van der Waals surface area contributed by atoms with Crippen LogP contribution in [-0.4, -0.2) is 46.4 Å². The summed E-state index contributed by atoms with van der Waals surface area (Å²) in [4.78, 5) is 13.4. The number of carbonyl (C=O) groups excluding carboxylic acids is 1. The SMILES string of the molecule is CN(C)CCNC(=O)c1cc(NS(=O)(=O)c2ccccc2F)ccc1F. The second-order valence-corrected chi connectivity index (χ2v) is 7.44. The number of halogens is 2. The maximum atomic E-state index is 13.9. The Balaban J connectivity index is 2.21. The molecule has 2 N–H and O–H groups in total. The van der Waals surface area contributed by atoms with Gasteiger partial charge in [-0.1, -0.05) is 12.1 Å². The van der Waals surface area contributed by atoms with E-state index in [1.807, 2.05) is 19.0 Å². The molecule has 0 atom stereocenters. The van der Waals surface area contributed by atoms with Crippen molar-refractivity contribution in [3.05, 3.63) is 59.7 Å². The normalized spacial score (nSPS) is 11.4. The van der Waals surface area contributed by atoms with Gasteiger partial charge in [-0.05, 0) is 44.4 Å². The molecule has 0 heterocycles. The molecule has 0 unspecified atom stereocenters. The van der Waals surface area contributed by atoms with Gasteiger partial charge in [0.25, 0.3) is 15.9 Å². The molecule has 9 heteroatoms. The van der Waals surface area contributed by atoms with Crippen molar-refractivity contribution in [2.24, 2.45) is 0 Å². The maximum absolute atomic E-state index is 13.9. The average Bonchev–Trinajstić information content (AvgIpc) is 2.56. The number of likely N-dealkylation sites (N-methyl/N-ethyl adjacent to an activating group) is 1. The number of anilines is 1. The molecule has 0 aliphatic rings. The molecule has 0 spiro atoms. The number of rotatable bonds is 7. The third-order valence-corrected chi connectivity index (χ3v) is 4.85. The lowest BCUT2D eigenvalue weighted by Crippen LogP contribution is -2.31. The quantitative estimate of drug-likeness (QED) is 0.767. The lowest BCUT2D eigenvalue weighted by molar-refractivity contribution is 0.0947. The van der Waals surface area contributed by atoms with E-state index in [9.17, 15) is 22.0 Å². The van der Waals surface area contributed by atoms with E-state index < -0.39 is 32.5 Å². The van der Waals surface area contributed by atoms with Gasteiger partial charge in [-0.25, -0.2) is 17.2 Å². The fourth-order valence-electron chi connectivity index (χ4n) is 2.12. The highest BCUT2D eigenvalue weighted by atomic mass is 32.2. The molecule has 0 radical (unpaired) electrons. The first-order valence-corrected chi connectivity index (χ1v) is 9.19. The molecule has 1 amide bonds. The number of benzene rings is 2. The summed E-state index contributed by atoms with van der Waals surface area (Å²) in [5.41, 5.74) is -0.357. The Labute approximate surface area is 150 Å². The van der Waals surface area contributed by atoms with Crippen molar-refractivity contribution >= 4 is 21.6 Å². The average molecular weight is 383 g/mol. The summed E-state index contributed by atoms with van der Waals surface area (Å²) in [6, 6.07) is 8.07.